The van der Waals surface area contributed by atoms with Gasteiger partial charge in [-0.2, -0.15) is 0 Å². The van der Waals surface area contributed by atoms with Gasteiger partial charge < -0.3 is 0 Å². The highest BCUT2D eigenvalue weighted by atomic mass is 79.9. The zero-order chi connectivity index (χ0) is 17.1. The predicted molar refractivity (Wildman–Crippen MR) is 108 cm³/mol. The van der Waals surface area contributed by atoms with E-state index in [1.807, 2.05) is 30.5 Å². The largest absolute Gasteiger partial charge is 0.256 e. The Hall–Kier alpha value is -2.71. The number of hydrogen-bond acceptors (Lipinski definition) is 1. The van der Waals surface area contributed by atoms with Crippen LogP contribution in [0.1, 0.15) is 0 Å². The molecule has 0 fully saturated rings. The van der Waals surface area contributed by atoms with Crippen LogP contribution in [0.5, 0.6) is 0 Å². The highest BCUT2D eigenvalue weighted by Crippen LogP contribution is 2.35. The van der Waals surface area contributed by atoms with Gasteiger partial charge in [-0.1, -0.05) is 76.6 Å². The van der Waals surface area contributed by atoms with E-state index in [1.54, 1.807) is 0 Å². The van der Waals surface area contributed by atoms with Gasteiger partial charge in [0.2, 0.25) is 0 Å². The molecule has 0 amide bonds. The average molecular weight is 386 g/mol. The molecule has 1 heterocycles. The fourth-order valence-electron chi connectivity index (χ4n) is 2.97. The van der Waals surface area contributed by atoms with Gasteiger partial charge in [0, 0.05) is 16.2 Å². The first kappa shape index (κ1) is 15.8. The van der Waals surface area contributed by atoms with E-state index in [-0.39, 0.29) is 0 Å². The van der Waals surface area contributed by atoms with Crippen LogP contribution in [0.15, 0.2) is 102 Å². The van der Waals surface area contributed by atoms with Gasteiger partial charge in [-0.05, 0) is 52.6 Å². The monoisotopic (exact) mass is 385 g/mol. The van der Waals surface area contributed by atoms with Crippen LogP contribution < -0.4 is 0 Å². The number of benzene rings is 3. The van der Waals surface area contributed by atoms with Crippen molar-refractivity contribution < 1.29 is 0 Å². The number of rotatable bonds is 3. The van der Waals surface area contributed by atoms with E-state index in [0.717, 1.165) is 15.7 Å². The van der Waals surface area contributed by atoms with Crippen LogP contribution in [-0.4, -0.2) is 4.98 Å². The second kappa shape index (κ2) is 7.04. The molecule has 3 aromatic carbocycles. The van der Waals surface area contributed by atoms with Crippen molar-refractivity contribution in [3.05, 3.63) is 102 Å². The van der Waals surface area contributed by atoms with E-state index >= 15 is 0 Å². The molecule has 0 N–H and O–H groups in total. The third-order valence-corrected chi connectivity index (χ3v) is 4.75. The lowest BCUT2D eigenvalue weighted by molar-refractivity contribution is 1.33. The van der Waals surface area contributed by atoms with Gasteiger partial charge in [0.25, 0.3) is 0 Å². The minimum atomic E-state index is 0.987. The van der Waals surface area contributed by atoms with Gasteiger partial charge in [-0.3, -0.25) is 4.98 Å². The zero-order valence-corrected chi connectivity index (χ0v) is 15.1. The lowest BCUT2D eigenvalue weighted by Crippen LogP contribution is -1.89. The van der Waals surface area contributed by atoms with Crippen LogP contribution in [0.3, 0.4) is 0 Å². The van der Waals surface area contributed by atoms with Gasteiger partial charge in [0.05, 0.1) is 5.69 Å². The first-order chi connectivity index (χ1) is 12.3. The predicted octanol–water partition coefficient (Wildman–Crippen LogP) is 6.85. The van der Waals surface area contributed by atoms with Gasteiger partial charge in [0.1, 0.15) is 0 Å². The molecule has 4 rings (SSSR count). The quantitative estimate of drug-likeness (QED) is 0.375. The molecule has 0 spiro atoms. The van der Waals surface area contributed by atoms with Gasteiger partial charge >= 0.3 is 0 Å². The Bertz CT molecular complexity index is 977. The van der Waals surface area contributed by atoms with Gasteiger partial charge in [-0.15, -0.1) is 0 Å². The highest BCUT2D eigenvalue weighted by molar-refractivity contribution is 9.10. The summed E-state index contributed by atoms with van der Waals surface area (Å²) in [6.07, 6.45) is 1.83. The summed E-state index contributed by atoms with van der Waals surface area (Å²) in [5, 5.41) is 0. The van der Waals surface area contributed by atoms with E-state index in [2.05, 4.69) is 87.6 Å². The molecular formula is C23H16BrN. The molecule has 0 radical (unpaired) electrons. The average Bonchev–Trinajstić information content (AvgIpc) is 2.69. The van der Waals surface area contributed by atoms with Crippen molar-refractivity contribution in [2.75, 3.05) is 0 Å². The number of nitrogens with zero attached hydrogens (tertiary/aromatic N) is 1. The normalized spacial score (nSPS) is 10.6. The van der Waals surface area contributed by atoms with Gasteiger partial charge in [0.15, 0.2) is 0 Å². The second-order valence-electron chi connectivity index (χ2n) is 5.85. The molecule has 0 saturated heterocycles. The number of hydrogen-bond donors (Lipinski definition) is 0. The summed E-state index contributed by atoms with van der Waals surface area (Å²) < 4.78 is 1.08. The van der Waals surface area contributed by atoms with Crippen LogP contribution >= 0.6 is 15.9 Å². The molecule has 0 bridgehead atoms. The summed E-state index contributed by atoms with van der Waals surface area (Å²) in [4.78, 5) is 4.49. The Morgan fingerprint density at radius 2 is 1.24 bits per heavy atom. The molecule has 2 heteroatoms. The molecule has 0 saturated carbocycles. The fourth-order valence-corrected chi connectivity index (χ4v) is 3.24. The van der Waals surface area contributed by atoms with Crippen molar-refractivity contribution in [3.8, 4) is 33.5 Å². The van der Waals surface area contributed by atoms with Crippen LogP contribution in [0.25, 0.3) is 33.5 Å². The molecular weight excluding hydrogens is 370 g/mol. The fraction of sp³-hybridized carbons (Fsp3) is 0. The van der Waals surface area contributed by atoms with Gasteiger partial charge in [-0.25, -0.2) is 0 Å². The molecule has 1 nitrogen and oxygen atoms in total. The van der Waals surface area contributed by atoms with Crippen molar-refractivity contribution in [2.45, 2.75) is 0 Å². The van der Waals surface area contributed by atoms with Crippen molar-refractivity contribution in [3.63, 3.8) is 0 Å². The third kappa shape index (κ3) is 3.40. The molecule has 0 unspecified atom stereocenters. The minimum Gasteiger partial charge on any atom is -0.256 e. The summed E-state index contributed by atoms with van der Waals surface area (Å²) in [6.45, 7) is 0. The summed E-state index contributed by atoms with van der Waals surface area (Å²) in [5.41, 5.74) is 6.95. The Morgan fingerprint density at radius 3 is 1.96 bits per heavy atom. The van der Waals surface area contributed by atoms with E-state index in [9.17, 15) is 0 Å². The van der Waals surface area contributed by atoms with Crippen LogP contribution in [0, 0.1) is 0 Å². The number of halogens is 1. The first-order valence-corrected chi connectivity index (χ1v) is 8.97. The van der Waals surface area contributed by atoms with Crippen LogP contribution in [-0.2, 0) is 0 Å². The standard InChI is InChI=1S/C23H16BrN/c24-20-12-9-18(10-13-20)22-16-19(23-8-4-5-15-25-23)11-14-21(22)17-6-2-1-3-7-17/h1-16H. The molecule has 25 heavy (non-hydrogen) atoms. The lowest BCUT2D eigenvalue weighted by Gasteiger charge is -2.13. The molecule has 4 aromatic rings. The highest BCUT2D eigenvalue weighted by Gasteiger charge is 2.10. The summed E-state index contributed by atoms with van der Waals surface area (Å²) >= 11 is 3.52. The van der Waals surface area contributed by atoms with Crippen LogP contribution in [0.2, 0.25) is 0 Å². The number of aromatic nitrogens is 1. The van der Waals surface area contributed by atoms with E-state index < -0.39 is 0 Å². The molecule has 0 aliphatic carbocycles. The Kier molecular flexibility index (Phi) is 4.45. The minimum absolute atomic E-state index is 0.987. The smallest absolute Gasteiger partial charge is 0.0702 e. The van der Waals surface area contributed by atoms with Crippen molar-refractivity contribution >= 4 is 15.9 Å². The maximum Gasteiger partial charge on any atom is 0.0702 e. The van der Waals surface area contributed by atoms with E-state index in [1.165, 1.54) is 22.3 Å². The zero-order valence-electron chi connectivity index (χ0n) is 13.6. The molecule has 0 aliphatic heterocycles. The Labute approximate surface area is 156 Å². The van der Waals surface area contributed by atoms with E-state index in [0.29, 0.717) is 0 Å². The van der Waals surface area contributed by atoms with Crippen molar-refractivity contribution in [1.29, 1.82) is 0 Å². The van der Waals surface area contributed by atoms with Crippen molar-refractivity contribution in [2.24, 2.45) is 0 Å². The van der Waals surface area contributed by atoms with E-state index in [4.69, 9.17) is 0 Å². The maximum absolute atomic E-state index is 4.49. The Morgan fingerprint density at radius 1 is 0.560 bits per heavy atom. The summed E-state index contributed by atoms with van der Waals surface area (Å²) in [6, 6.07) is 31.5. The SMILES string of the molecule is Brc1ccc(-c2cc(-c3ccccn3)ccc2-c2ccccc2)cc1. The van der Waals surface area contributed by atoms with Crippen molar-refractivity contribution in [1.82, 2.24) is 4.98 Å². The summed E-state index contributed by atoms with van der Waals surface area (Å²) in [7, 11) is 0. The third-order valence-electron chi connectivity index (χ3n) is 4.22. The first-order valence-electron chi connectivity index (χ1n) is 8.18. The summed E-state index contributed by atoms with van der Waals surface area (Å²) in [5.74, 6) is 0. The number of pyridine rings is 1. The van der Waals surface area contributed by atoms with Crippen LogP contribution in [0.4, 0.5) is 0 Å². The second-order valence-corrected chi connectivity index (χ2v) is 6.76. The Balaban J connectivity index is 1.91. The molecule has 0 aliphatic rings. The molecule has 120 valence electrons. The molecule has 1 aromatic heterocycles. The lowest BCUT2D eigenvalue weighted by atomic mass is 9.92. The maximum atomic E-state index is 4.49. The topological polar surface area (TPSA) is 12.9 Å². The molecule has 0 atom stereocenters.